The zero-order valence-corrected chi connectivity index (χ0v) is 22.1. The molecule has 2 heterocycles. The van der Waals surface area contributed by atoms with Crippen molar-refractivity contribution in [1.82, 2.24) is 4.57 Å². The van der Waals surface area contributed by atoms with E-state index in [-0.39, 0.29) is 12.2 Å². The topological polar surface area (TPSA) is 69.9 Å². The maximum Gasteiger partial charge on any atom is 0.338 e. The summed E-state index contributed by atoms with van der Waals surface area (Å²) in [6.07, 6.45) is 1.72. The van der Waals surface area contributed by atoms with Gasteiger partial charge in [-0.15, -0.1) is 0 Å². The molecule has 0 aliphatic carbocycles. The number of nitrogens with zero attached hydrogens (tertiary/aromatic N) is 2. The molecule has 0 radical (unpaired) electrons. The summed E-state index contributed by atoms with van der Waals surface area (Å²) < 4.78 is 12.8. The monoisotopic (exact) mass is 530 g/mol. The predicted molar refractivity (Wildman–Crippen MR) is 139 cm³/mol. The number of hydrogen-bond acceptors (Lipinski definition) is 6. The number of aromatic nitrogens is 1. The maximum atomic E-state index is 13.7. The number of halogens is 2. The summed E-state index contributed by atoms with van der Waals surface area (Å²) in [7, 11) is 0. The van der Waals surface area contributed by atoms with Gasteiger partial charge in [-0.25, -0.2) is 9.79 Å². The number of allylic oxidation sites excluding steroid dienone is 1. The second-order valence-electron chi connectivity index (χ2n) is 7.96. The highest BCUT2D eigenvalue weighted by Gasteiger charge is 2.33. The van der Waals surface area contributed by atoms with Gasteiger partial charge in [0.2, 0.25) is 0 Å². The van der Waals surface area contributed by atoms with Gasteiger partial charge in [0.1, 0.15) is 0 Å². The molecule has 0 saturated heterocycles. The van der Waals surface area contributed by atoms with E-state index in [2.05, 4.69) is 4.99 Å². The van der Waals surface area contributed by atoms with E-state index in [0.29, 0.717) is 48.6 Å². The van der Waals surface area contributed by atoms with Crippen molar-refractivity contribution >= 4 is 46.6 Å². The minimum absolute atomic E-state index is 0.222. The molecule has 2 aromatic carbocycles. The predicted octanol–water partition coefficient (Wildman–Crippen LogP) is 4.81. The second kappa shape index (κ2) is 10.4. The van der Waals surface area contributed by atoms with Gasteiger partial charge in [-0.2, -0.15) is 0 Å². The highest BCUT2D eigenvalue weighted by molar-refractivity contribution is 7.07. The van der Waals surface area contributed by atoms with E-state index >= 15 is 0 Å². The summed E-state index contributed by atoms with van der Waals surface area (Å²) in [5.74, 6) is -0.0813. The van der Waals surface area contributed by atoms with Crippen LogP contribution in [-0.4, -0.2) is 23.8 Å². The van der Waals surface area contributed by atoms with Crippen molar-refractivity contribution in [1.29, 1.82) is 0 Å². The van der Waals surface area contributed by atoms with Gasteiger partial charge >= 0.3 is 5.97 Å². The minimum Gasteiger partial charge on any atom is -0.491 e. The lowest BCUT2D eigenvalue weighted by molar-refractivity contribution is -0.139. The molecule has 3 aromatic rings. The van der Waals surface area contributed by atoms with Gasteiger partial charge in [0.05, 0.1) is 45.1 Å². The van der Waals surface area contributed by atoms with Crippen LogP contribution in [0.4, 0.5) is 0 Å². The fraction of sp³-hybridized carbons (Fsp3) is 0.269. The molecule has 0 fully saturated rings. The SMILES string of the molecule is CCOC(=O)C1=C(C)N=c2s/c(=C/c3cc(Cl)c(OCC)c(Cl)c3)c(=O)n2[C@H]1c1ccc(C)cc1. The number of esters is 1. The van der Waals surface area contributed by atoms with E-state index in [1.165, 1.54) is 11.3 Å². The molecule has 4 rings (SSSR count). The highest BCUT2D eigenvalue weighted by atomic mass is 35.5. The van der Waals surface area contributed by atoms with Crippen molar-refractivity contribution in [3.05, 3.63) is 94.1 Å². The molecule has 9 heteroatoms. The summed E-state index contributed by atoms with van der Waals surface area (Å²) in [5, 5.41) is 0.715. The lowest BCUT2D eigenvalue weighted by Gasteiger charge is -2.24. The van der Waals surface area contributed by atoms with Crippen LogP contribution in [0.2, 0.25) is 10.0 Å². The van der Waals surface area contributed by atoms with Crippen molar-refractivity contribution in [3.63, 3.8) is 0 Å². The van der Waals surface area contributed by atoms with Crippen molar-refractivity contribution in [3.8, 4) is 5.75 Å². The zero-order chi connectivity index (χ0) is 25.3. The van der Waals surface area contributed by atoms with Gasteiger partial charge < -0.3 is 9.47 Å². The number of aryl methyl sites for hydroxylation is 1. The molecule has 35 heavy (non-hydrogen) atoms. The largest absolute Gasteiger partial charge is 0.491 e. The van der Waals surface area contributed by atoms with Crippen LogP contribution in [0, 0.1) is 6.92 Å². The fourth-order valence-corrected chi connectivity index (χ4v) is 5.61. The molecule has 1 aliphatic heterocycles. The first-order valence-electron chi connectivity index (χ1n) is 11.1. The Balaban J connectivity index is 1.91. The third kappa shape index (κ3) is 4.94. The number of ether oxygens (including phenoxy) is 2. The van der Waals surface area contributed by atoms with Gasteiger partial charge in [0, 0.05) is 0 Å². The van der Waals surface area contributed by atoms with Crippen LogP contribution in [0.15, 0.2) is 57.5 Å². The lowest BCUT2D eigenvalue weighted by atomic mass is 9.95. The summed E-state index contributed by atoms with van der Waals surface area (Å²) in [6.45, 7) is 7.99. The zero-order valence-electron chi connectivity index (χ0n) is 19.7. The molecule has 0 bridgehead atoms. The number of carbonyl (C=O) groups excluding carboxylic acids is 1. The first-order valence-corrected chi connectivity index (χ1v) is 12.7. The molecule has 0 unspecified atom stereocenters. The quantitative estimate of drug-likeness (QED) is 0.428. The van der Waals surface area contributed by atoms with Crippen LogP contribution in [-0.2, 0) is 9.53 Å². The number of benzene rings is 2. The minimum atomic E-state index is -0.652. The lowest BCUT2D eigenvalue weighted by Crippen LogP contribution is -2.39. The van der Waals surface area contributed by atoms with Crippen molar-refractivity contribution in [2.24, 2.45) is 4.99 Å². The summed E-state index contributed by atoms with van der Waals surface area (Å²) in [5.41, 5.74) is 3.13. The van der Waals surface area contributed by atoms with E-state index in [1.807, 2.05) is 38.1 Å². The van der Waals surface area contributed by atoms with E-state index in [4.69, 9.17) is 32.7 Å². The van der Waals surface area contributed by atoms with E-state index < -0.39 is 12.0 Å². The molecular formula is C26H24Cl2N2O4S. The first-order chi connectivity index (χ1) is 16.7. The maximum absolute atomic E-state index is 13.7. The number of fused-ring (bicyclic) bond motifs is 1. The van der Waals surface area contributed by atoms with E-state index in [0.717, 1.165) is 11.1 Å². The Kier molecular flexibility index (Phi) is 7.50. The molecule has 0 saturated carbocycles. The summed E-state index contributed by atoms with van der Waals surface area (Å²) in [4.78, 5) is 31.7. The fourth-order valence-electron chi connectivity index (χ4n) is 3.95. The Hall–Kier alpha value is -2.87. The number of carbonyl (C=O) groups is 1. The third-order valence-corrected chi connectivity index (χ3v) is 7.06. The average Bonchev–Trinajstić information content (AvgIpc) is 3.10. The van der Waals surface area contributed by atoms with Crippen LogP contribution in [0.3, 0.4) is 0 Å². The standard InChI is InChI=1S/C26H24Cl2N2O4S/c1-5-33-23-18(27)11-16(12-19(23)28)13-20-24(31)30-22(17-9-7-14(3)8-10-17)21(25(32)34-6-2)15(4)29-26(30)35-20/h7-13,22H,5-6H2,1-4H3/b20-13+/t22-/m0/s1. The second-order valence-corrected chi connectivity index (χ2v) is 9.78. The molecule has 182 valence electrons. The molecular weight excluding hydrogens is 507 g/mol. The summed E-state index contributed by atoms with van der Waals surface area (Å²) >= 11 is 13.9. The first kappa shape index (κ1) is 25.2. The van der Waals surface area contributed by atoms with E-state index in [9.17, 15) is 9.59 Å². The number of rotatable bonds is 6. The molecule has 0 amide bonds. The van der Waals surface area contributed by atoms with Gasteiger partial charge in [-0.1, -0.05) is 64.4 Å². The molecule has 0 spiro atoms. The average molecular weight is 531 g/mol. The highest BCUT2D eigenvalue weighted by Crippen LogP contribution is 2.34. The molecule has 1 aromatic heterocycles. The molecule has 0 N–H and O–H groups in total. The van der Waals surface area contributed by atoms with Crippen LogP contribution >= 0.6 is 34.5 Å². The van der Waals surface area contributed by atoms with Crippen LogP contribution in [0.5, 0.6) is 5.75 Å². The Morgan fingerprint density at radius 1 is 1.11 bits per heavy atom. The Morgan fingerprint density at radius 2 is 1.77 bits per heavy atom. The van der Waals surface area contributed by atoms with Gasteiger partial charge in [0.25, 0.3) is 5.56 Å². The van der Waals surface area contributed by atoms with Crippen molar-refractivity contribution in [2.75, 3.05) is 13.2 Å². The van der Waals surface area contributed by atoms with Crippen LogP contribution in [0.25, 0.3) is 6.08 Å². The van der Waals surface area contributed by atoms with Gasteiger partial charge in [-0.05, 0) is 57.0 Å². The Morgan fingerprint density at radius 3 is 2.37 bits per heavy atom. The summed E-state index contributed by atoms with van der Waals surface area (Å²) in [6, 6.07) is 10.5. The molecule has 1 atom stereocenters. The molecule has 6 nitrogen and oxygen atoms in total. The number of hydrogen-bond donors (Lipinski definition) is 0. The smallest absolute Gasteiger partial charge is 0.338 e. The normalized spacial score (nSPS) is 15.6. The van der Waals surface area contributed by atoms with Crippen LogP contribution in [0.1, 0.15) is 43.5 Å². The third-order valence-electron chi connectivity index (χ3n) is 5.52. The number of thiazole rings is 1. The Labute approximate surface area is 216 Å². The van der Waals surface area contributed by atoms with Crippen LogP contribution < -0.4 is 19.6 Å². The van der Waals surface area contributed by atoms with Gasteiger partial charge in [-0.3, -0.25) is 9.36 Å². The van der Waals surface area contributed by atoms with Gasteiger partial charge in [0.15, 0.2) is 10.6 Å². The Bertz CT molecular complexity index is 1480. The van der Waals surface area contributed by atoms with Crippen molar-refractivity contribution < 1.29 is 14.3 Å². The van der Waals surface area contributed by atoms with E-state index in [1.54, 1.807) is 36.6 Å². The molecule has 1 aliphatic rings. The van der Waals surface area contributed by atoms with Crippen molar-refractivity contribution in [2.45, 2.75) is 33.7 Å².